The molecule has 1 aliphatic carbocycles. The Labute approximate surface area is 160 Å². The van der Waals surface area contributed by atoms with E-state index in [0.717, 1.165) is 18.4 Å². The molecule has 0 aromatic heterocycles. The zero-order chi connectivity index (χ0) is 19.4. The van der Waals surface area contributed by atoms with Crippen molar-refractivity contribution in [1.29, 1.82) is 0 Å². The van der Waals surface area contributed by atoms with Crippen LogP contribution in [0.5, 0.6) is 11.5 Å². The van der Waals surface area contributed by atoms with Crippen molar-refractivity contribution >= 4 is 11.9 Å². The molecule has 6 nitrogen and oxygen atoms in total. The van der Waals surface area contributed by atoms with Gasteiger partial charge in [-0.25, -0.2) is 0 Å². The van der Waals surface area contributed by atoms with E-state index in [0.29, 0.717) is 31.0 Å². The van der Waals surface area contributed by atoms with Crippen LogP contribution in [0.2, 0.25) is 0 Å². The van der Waals surface area contributed by atoms with Gasteiger partial charge in [-0.05, 0) is 43.4 Å². The number of methoxy groups -OCH3 is 2. The summed E-state index contributed by atoms with van der Waals surface area (Å²) in [5.74, 6) is 0.719. The lowest BCUT2D eigenvalue weighted by atomic mass is 9.89. The number of hydrogen-bond acceptors (Lipinski definition) is 5. The number of likely N-dealkylation sites (tertiary alicyclic amines) is 1. The first-order valence-electron chi connectivity index (χ1n) is 9.77. The molecule has 2 atom stereocenters. The molecule has 1 aromatic carbocycles. The van der Waals surface area contributed by atoms with Crippen LogP contribution in [0.3, 0.4) is 0 Å². The number of nitrogens with zero attached hydrogens (tertiary/aromatic N) is 1. The van der Waals surface area contributed by atoms with Crippen molar-refractivity contribution in [2.75, 3.05) is 27.3 Å². The summed E-state index contributed by atoms with van der Waals surface area (Å²) in [7, 11) is 3.03. The summed E-state index contributed by atoms with van der Waals surface area (Å²) in [6.45, 7) is 2.75. The van der Waals surface area contributed by atoms with Crippen LogP contribution in [0.15, 0.2) is 18.2 Å². The minimum atomic E-state index is -0.363. The summed E-state index contributed by atoms with van der Waals surface area (Å²) in [5.41, 5.74) is 0.977. The molecule has 1 amide bonds. The molecule has 0 N–H and O–H groups in total. The lowest BCUT2D eigenvalue weighted by Crippen LogP contribution is -2.29. The van der Waals surface area contributed by atoms with E-state index in [1.165, 1.54) is 20.0 Å². The number of ether oxygens (including phenoxy) is 3. The SMILES string of the molecule is CCC(=O)N1CC(C(=O)OC)C(c2ccc(OC)c(OC3CCCC3)c2)C1. The maximum atomic E-state index is 12.3. The van der Waals surface area contributed by atoms with Gasteiger partial charge >= 0.3 is 5.97 Å². The van der Waals surface area contributed by atoms with Gasteiger partial charge in [0.2, 0.25) is 5.91 Å². The molecule has 2 fully saturated rings. The molecule has 0 spiro atoms. The molecule has 1 saturated heterocycles. The Morgan fingerprint density at radius 2 is 1.85 bits per heavy atom. The summed E-state index contributed by atoms with van der Waals surface area (Å²) < 4.78 is 16.7. The highest BCUT2D eigenvalue weighted by atomic mass is 16.5. The van der Waals surface area contributed by atoms with Crippen LogP contribution in [-0.2, 0) is 14.3 Å². The fourth-order valence-electron chi connectivity index (χ4n) is 4.16. The number of amides is 1. The van der Waals surface area contributed by atoms with E-state index >= 15 is 0 Å². The summed E-state index contributed by atoms with van der Waals surface area (Å²) >= 11 is 0. The van der Waals surface area contributed by atoms with Gasteiger partial charge in [0.25, 0.3) is 0 Å². The average molecular weight is 375 g/mol. The van der Waals surface area contributed by atoms with E-state index in [2.05, 4.69) is 0 Å². The van der Waals surface area contributed by atoms with Gasteiger partial charge in [0.15, 0.2) is 11.5 Å². The molecule has 1 heterocycles. The Hall–Kier alpha value is -2.24. The minimum Gasteiger partial charge on any atom is -0.493 e. The van der Waals surface area contributed by atoms with Gasteiger partial charge in [0, 0.05) is 25.4 Å². The Bertz CT molecular complexity index is 683. The highest BCUT2D eigenvalue weighted by Crippen LogP contribution is 2.39. The fourth-order valence-corrected chi connectivity index (χ4v) is 4.16. The number of carbonyl (C=O) groups excluding carboxylic acids is 2. The smallest absolute Gasteiger partial charge is 0.311 e. The van der Waals surface area contributed by atoms with Gasteiger partial charge in [0.1, 0.15) is 0 Å². The van der Waals surface area contributed by atoms with Gasteiger partial charge in [-0.1, -0.05) is 13.0 Å². The molecule has 1 aliphatic heterocycles. The van der Waals surface area contributed by atoms with Crippen molar-refractivity contribution in [2.24, 2.45) is 5.92 Å². The first-order valence-corrected chi connectivity index (χ1v) is 9.77. The molecule has 148 valence electrons. The summed E-state index contributed by atoms with van der Waals surface area (Å²) in [6.07, 6.45) is 5.13. The normalized spacial score (nSPS) is 22.7. The second kappa shape index (κ2) is 8.63. The van der Waals surface area contributed by atoms with Gasteiger partial charge in [-0.15, -0.1) is 0 Å². The van der Waals surface area contributed by atoms with Gasteiger partial charge in [-0.2, -0.15) is 0 Å². The van der Waals surface area contributed by atoms with Crippen molar-refractivity contribution < 1.29 is 23.8 Å². The van der Waals surface area contributed by atoms with Gasteiger partial charge in [0.05, 0.1) is 26.2 Å². The molecule has 0 radical (unpaired) electrons. The third kappa shape index (κ3) is 4.20. The molecular formula is C21H29NO5. The number of rotatable bonds is 6. The average Bonchev–Trinajstić information content (AvgIpc) is 3.36. The van der Waals surface area contributed by atoms with E-state index in [-0.39, 0.29) is 29.8 Å². The van der Waals surface area contributed by atoms with Crippen LogP contribution in [-0.4, -0.2) is 50.2 Å². The lowest BCUT2D eigenvalue weighted by Gasteiger charge is -2.20. The summed E-state index contributed by atoms with van der Waals surface area (Å²) in [6, 6.07) is 5.82. The van der Waals surface area contributed by atoms with Crippen LogP contribution in [0.4, 0.5) is 0 Å². The number of carbonyl (C=O) groups is 2. The molecule has 27 heavy (non-hydrogen) atoms. The second-order valence-electron chi connectivity index (χ2n) is 7.32. The second-order valence-corrected chi connectivity index (χ2v) is 7.32. The molecule has 2 unspecified atom stereocenters. The van der Waals surface area contributed by atoms with Gasteiger partial charge in [-0.3, -0.25) is 9.59 Å². The highest BCUT2D eigenvalue weighted by Gasteiger charge is 2.41. The van der Waals surface area contributed by atoms with E-state index < -0.39 is 0 Å². The summed E-state index contributed by atoms with van der Waals surface area (Å²) in [4.78, 5) is 26.3. The molecular weight excluding hydrogens is 346 g/mol. The number of hydrogen-bond donors (Lipinski definition) is 0. The van der Waals surface area contributed by atoms with Crippen LogP contribution in [0.25, 0.3) is 0 Å². The zero-order valence-electron chi connectivity index (χ0n) is 16.4. The molecule has 6 heteroatoms. The first kappa shape index (κ1) is 19.5. The third-order valence-electron chi connectivity index (χ3n) is 5.69. The van der Waals surface area contributed by atoms with Crippen molar-refractivity contribution in [2.45, 2.75) is 51.0 Å². The predicted molar refractivity (Wildman–Crippen MR) is 101 cm³/mol. The van der Waals surface area contributed by atoms with Crippen LogP contribution in [0.1, 0.15) is 50.5 Å². The Morgan fingerprint density at radius 1 is 1.11 bits per heavy atom. The minimum absolute atomic E-state index is 0.0577. The molecule has 2 aliphatic rings. The van der Waals surface area contributed by atoms with E-state index in [4.69, 9.17) is 14.2 Å². The van der Waals surface area contributed by atoms with Gasteiger partial charge < -0.3 is 19.1 Å². The molecule has 0 bridgehead atoms. The van der Waals surface area contributed by atoms with Crippen molar-refractivity contribution in [1.82, 2.24) is 4.90 Å². The zero-order valence-corrected chi connectivity index (χ0v) is 16.4. The standard InChI is InChI=1S/C21H29NO5/c1-4-20(23)22-12-16(17(13-22)21(24)26-3)14-9-10-18(25-2)19(11-14)27-15-7-5-6-8-15/h9-11,15-17H,4-8,12-13H2,1-3H3. The van der Waals surface area contributed by atoms with Crippen molar-refractivity contribution in [3.05, 3.63) is 23.8 Å². The van der Waals surface area contributed by atoms with E-state index in [9.17, 15) is 9.59 Å². The van der Waals surface area contributed by atoms with E-state index in [1.807, 2.05) is 25.1 Å². The van der Waals surface area contributed by atoms with Crippen molar-refractivity contribution in [3.63, 3.8) is 0 Å². The number of esters is 1. The monoisotopic (exact) mass is 375 g/mol. The fraction of sp³-hybridized carbons (Fsp3) is 0.619. The van der Waals surface area contributed by atoms with Crippen LogP contribution < -0.4 is 9.47 Å². The maximum Gasteiger partial charge on any atom is 0.311 e. The molecule has 1 aromatic rings. The Balaban J connectivity index is 1.87. The quantitative estimate of drug-likeness (QED) is 0.715. The highest BCUT2D eigenvalue weighted by molar-refractivity contribution is 5.80. The van der Waals surface area contributed by atoms with Crippen molar-refractivity contribution in [3.8, 4) is 11.5 Å². The largest absolute Gasteiger partial charge is 0.493 e. The lowest BCUT2D eigenvalue weighted by molar-refractivity contribution is -0.145. The third-order valence-corrected chi connectivity index (χ3v) is 5.69. The summed E-state index contributed by atoms with van der Waals surface area (Å²) in [5, 5.41) is 0. The van der Waals surface area contributed by atoms with E-state index in [1.54, 1.807) is 12.0 Å². The number of benzene rings is 1. The van der Waals surface area contributed by atoms with Crippen LogP contribution >= 0.6 is 0 Å². The van der Waals surface area contributed by atoms with Crippen LogP contribution in [0, 0.1) is 5.92 Å². The molecule has 1 saturated carbocycles. The Morgan fingerprint density at radius 3 is 2.48 bits per heavy atom. The Kier molecular flexibility index (Phi) is 6.24. The predicted octanol–water partition coefficient (Wildman–Crippen LogP) is 3.14. The molecule has 3 rings (SSSR count). The maximum absolute atomic E-state index is 12.3. The first-order chi connectivity index (χ1) is 13.1. The topological polar surface area (TPSA) is 65.1 Å².